The molecule has 1 aliphatic rings. The molecule has 0 aromatic carbocycles. The predicted octanol–water partition coefficient (Wildman–Crippen LogP) is 2.10. The number of nitrogens with zero attached hydrogens (tertiary/aromatic N) is 1. The summed E-state index contributed by atoms with van der Waals surface area (Å²) in [5.74, 6) is 1.01. The number of aromatic nitrogens is 1. The highest BCUT2D eigenvalue weighted by atomic mass is 16.5. The van der Waals surface area contributed by atoms with E-state index in [2.05, 4.69) is 11.9 Å². The molecule has 0 radical (unpaired) electrons. The molecule has 0 amide bonds. The van der Waals surface area contributed by atoms with E-state index in [1.165, 1.54) is 0 Å². The van der Waals surface area contributed by atoms with E-state index in [1.54, 1.807) is 19.5 Å². The van der Waals surface area contributed by atoms with Gasteiger partial charge in [0, 0.05) is 11.8 Å². The zero-order valence-electron chi connectivity index (χ0n) is 9.23. The largest absolute Gasteiger partial charge is 0.495 e. The zero-order valence-corrected chi connectivity index (χ0v) is 9.23. The highest BCUT2D eigenvalue weighted by Crippen LogP contribution is 2.43. The van der Waals surface area contributed by atoms with Crippen LogP contribution in [0.4, 0.5) is 0 Å². The van der Waals surface area contributed by atoms with Crippen molar-refractivity contribution in [2.75, 3.05) is 7.11 Å². The molecule has 0 spiro atoms. The van der Waals surface area contributed by atoms with Gasteiger partial charge in [0.05, 0.1) is 18.9 Å². The first kappa shape index (κ1) is 10.4. The molecule has 1 fully saturated rings. The maximum atomic E-state index is 10.6. The van der Waals surface area contributed by atoms with E-state index in [-0.39, 0.29) is 0 Å². The SMILES string of the molecule is COc1cncc(C2(O)CCCC2C)c1. The number of ether oxygens (including phenoxy) is 1. The van der Waals surface area contributed by atoms with Crippen molar-refractivity contribution in [2.45, 2.75) is 31.8 Å². The predicted molar refractivity (Wildman–Crippen MR) is 57.7 cm³/mol. The standard InChI is InChI=1S/C12H17NO2/c1-9-4-3-5-12(9,14)10-6-11(15-2)8-13-7-10/h6-9,14H,3-5H2,1-2H3. The maximum Gasteiger partial charge on any atom is 0.137 e. The molecule has 3 heteroatoms. The molecule has 1 aromatic heterocycles. The number of pyridine rings is 1. The van der Waals surface area contributed by atoms with Crippen LogP contribution in [0.1, 0.15) is 31.7 Å². The Morgan fingerprint density at radius 2 is 2.33 bits per heavy atom. The number of hydrogen-bond donors (Lipinski definition) is 1. The van der Waals surface area contributed by atoms with Gasteiger partial charge >= 0.3 is 0 Å². The van der Waals surface area contributed by atoms with Crippen LogP contribution in [0, 0.1) is 5.92 Å². The van der Waals surface area contributed by atoms with E-state index in [0.717, 1.165) is 24.8 Å². The second-order valence-electron chi connectivity index (χ2n) is 4.33. The Labute approximate surface area is 90.1 Å². The average molecular weight is 207 g/mol. The number of aliphatic hydroxyl groups is 1. The van der Waals surface area contributed by atoms with Crippen molar-refractivity contribution < 1.29 is 9.84 Å². The minimum atomic E-state index is -0.707. The van der Waals surface area contributed by atoms with Gasteiger partial charge < -0.3 is 9.84 Å². The third kappa shape index (κ3) is 1.72. The summed E-state index contributed by atoms with van der Waals surface area (Å²) in [6.07, 6.45) is 6.38. The highest BCUT2D eigenvalue weighted by Gasteiger charge is 2.40. The lowest BCUT2D eigenvalue weighted by Crippen LogP contribution is -2.28. The Kier molecular flexibility index (Phi) is 2.65. The molecule has 15 heavy (non-hydrogen) atoms. The van der Waals surface area contributed by atoms with Gasteiger partial charge in [0.1, 0.15) is 5.75 Å². The fourth-order valence-corrected chi connectivity index (χ4v) is 2.36. The zero-order chi connectivity index (χ0) is 10.9. The van der Waals surface area contributed by atoms with E-state index in [0.29, 0.717) is 11.7 Å². The Balaban J connectivity index is 2.35. The van der Waals surface area contributed by atoms with Crippen molar-refractivity contribution in [3.05, 3.63) is 24.0 Å². The lowest BCUT2D eigenvalue weighted by Gasteiger charge is -2.28. The van der Waals surface area contributed by atoms with Crippen molar-refractivity contribution in [1.82, 2.24) is 4.98 Å². The van der Waals surface area contributed by atoms with Crippen LogP contribution >= 0.6 is 0 Å². The summed E-state index contributed by atoms with van der Waals surface area (Å²) in [5.41, 5.74) is 0.175. The Morgan fingerprint density at radius 3 is 2.93 bits per heavy atom. The van der Waals surface area contributed by atoms with Gasteiger partial charge in [-0.1, -0.05) is 6.92 Å². The first-order valence-corrected chi connectivity index (χ1v) is 5.38. The van der Waals surface area contributed by atoms with Gasteiger partial charge in [0.25, 0.3) is 0 Å². The monoisotopic (exact) mass is 207 g/mol. The van der Waals surface area contributed by atoms with Crippen LogP contribution in [0.15, 0.2) is 18.5 Å². The van der Waals surface area contributed by atoms with Crippen molar-refractivity contribution in [3.8, 4) is 5.75 Å². The molecule has 1 aliphatic carbocycles. The van der Waals surface area contributed by atoms with Crippen molar-refractivity contribution in [1.29, 1.82) is 0 Å². The van der Waals surface area contributed by atoms with Crippen molar-refractivity contribution in [2.24, 2.45) is 5.92 Å². The van der Waals surface area contributed by atoms with Crippen LogP contribution in [-0.2, 0) is 5.60 Å². The number of methoxy groups -OCH3 is 1. The van der Waals surface area contributed by atoms with Crippen LogP contribution < -0.4 is 4.74 Å². The molecule has 0 saturated heterocycles. The molecule has 1 aromatic rings. The minimum Gasteiger partial charge on any atom is -0.495 e. The molecule has 2 rings (SSSR count). The van der Waals surface area contributed by atoms with Gasteiger partial charge in [0.2, 0.25) is 0 Å². The summed E-state index contributed by atoms with van der Waals surface area (Å²) >= 11 is 0. The number of rotatable bonds is 2. The molecule has 0 bridgehead atoms. The fraction of sp³-hybridized carbons (Fsp3) is 0.583. The molecule has 2 atom stereocenters. The van der Waals surface area contributed by atoms with E-state index >= 15 is 0 Å². The van der Waals surface area contributed by atoms with E-state index < -0.39 is 5.60 Å². The van der Waals surface area contributed by atoms with E-state index in [4.69, 9.17) is 4.74 Å². The minimum absolute atomic E-state index is 0.298. The quantitative estimate of drug-likeness (QED) is 0.807. The summed E-state index contributed by atoms with van der Waals surface area (Å²) in [7, 11) is 1.61. The lowest BCUT2D eigenvalue weighted by molar-refractivity contribution is 0.00398. The smallest absolute Gasteiger partial charge is 0.137 e. The lowest BCUT2D eigenvalue weighted by atomic mass is 9.86. The third-order valence-corrected chi connectivity index (χ3v) is 3.46. The van der Waals surface area contributed by atoms with Crippen molar-refractivity contribution in [3.63, 3.8) is 0 Å². The Morgan fingerprint density at radius 1 is 1.53 bits per heavy atom. The summed E-state index contributed by atoms with van der Waals surface area (Å²) in [6.45, 7) is 2.09. The van der Waals surface area contributed by atoms with Crippen LogP contribution in [0.5, 0.6) is 5.75 Å². The van der Waals surface area contributed by atoms with E-state index in [9.17, 15) is 5.11 Å². The van der Waals surface area contributed by atoms with E-state index in [1.807, 2.05) is 6.07 Å². The molecular formula is C12H17NO2. The topological polar surface area (TPSA) is 42.4 Å². The second kappa shape index (κ2) is 3.81. The van der Waals surface area contributed by atoms with Gasteiger partial charge in [0.15, 0.2) is 0 Å². The molecule has 1 heterocycles. The molecule has 1 N–H and O–H groups in total. The Hall–Kier alpha value is -1.09. The summed E-state index contributed by atoms with van der Waals surface area (Å²) in [6, 6.07) is 1.88. The summed E-state index contributed by atoms with van der Waals surface area (Å²) in [4.78, 5) is 4.09. The Bertz CT molecular complexity index is 353. The van der Waals surface area contributed by atoms with Gasteiger partial charge in [-0.3, -0.25) is 4.98 Å². The van der Waals surface area contributed by atoms with Crippen LogP contribution in [0.2, 0.25) is 0 Å². The van der Waals surface area contributed by atoms with Crippen LogP contribution in [0.3, 0.4) is 0 Å². The molecule has 2 unspecified atom stereocenters. The highest BCUT2D eigenvalue weighted by molar-refractivity contribution is 5.29. The van der Waals surface area contributed by atoms with Gasteiger partial charge in [-0.15, -0.1) is 0 Å². The molecule has 82 valence electrons. The van der Waals surface area contributed by atoms with Gasteiger partial charge in [-0.05, 0) is 31.2 Å². The first-order chi connectivity index (χ1) is 7.16. The number of hydrogen-bond acceptors (Lipinski definition) is 3. The van der Waals surface area contributed by atoms with Crippen molar-refractivity contribution >= 4 is 0 Å². The van der Waals surface area contributed by atoms with Gasteiger partial charge in [-0.25, -0.2) is 0 Å². The summed E-state index contributed by atoms with van der Waals surface area (Å²) < 4.78 is 5.12. The third-order valence-electron chi connectivity index (χ3n) is 3.46. The average Bonchev–Trinajstić information content (AvgIpc) is 2.61. The van der Waals surface area contributed by atoms with Crippen LogP contribution in [-0.4, -0.2) is 17.2 Å². The van der Waals surface area contributed by atoms with Gasteiger partial charge in [-0.2, -0.15) is 0 Å². The maximum absolute atomic E-state index is 10.6. The molecule has 0 aliphatic heterocycles. The molecule has 1 saturated carbocycles. The fourth-order valence-electron chi connectivity index (χ4n) is 2.36. The van der Waals surface area contributed by atoms with Crippen LogP contribution in [0.25, 0.3) is 0 Å². The normalized spacial score (nSPS) is 30.5. The summed E-state index contributed by atoms with van der Waals surface area (Å²) in [5, 5.41) is 10.6. The molecule has 3 nitrogen and oxygen atoms in total. The second-order valence-corrected chi connectivity index (χ2v) is 4.33. The molecular weight excluding hydrogens is 190 g/mol. The first-order valence-electron chi connectivity index (χ1n) is 5.38.